The van der Waals surface area contributed by atoms with Crippen molar-refractivity contribution in [3.63, 3.8) is 0 Å². The van der Waals surface area contributed by atoms with Gasteiger partial charge in [-0.25, -0.2) is 4.79 Å². The molecule has 2 N–H and O–H groups in total. The van der Waals surface area contributed by atoms with Crippen molar-refractivity contribution in [1.82, 2.24) is 20.0 Å². The second-order valence-electron chi connectivity index (χ2n) is 9.37. The van der Waals surface area contributed by atoms with Crippen LogP contribution < -0.4 is 5.32 Å². The third kappa shape index (κ3) is 9.52. The van der Waals surface area contributed by atoms with Crippen LogP contribution in [-0.2, 0) is 16.1 Å². The number of hydrogen-bond acceptors (Lipinski definition) is 5. The lowest BCUT2D eigenvalue weighted by Gasteiger charge is -2.39. The molecule has 0 saturated carbocycles. The normalized spacial score (nSPS) is 16.7. The van der Waals surface area contributed by atoms with Crippen LogP contribution in [0, 0.1) is 0 Å². The molecule has 39 heavy (non-hydrogen) atoms. The summed E-state index contributed by atoms with van der Waals surface area (Å²) in [4.78, 5) is 41.4. The highest BCUT2D eigenvalue weighted by atomic mass is 35.5. The predicted molar refractivity (Wildman–Crippen MR) is 140 cm³/mol. The zero-order chi connectivity index (χ0) is 28.4. The van der Waals surface area contributed by atoms with Crippen molar-refractivity contribution in [3.05, 3.63) is 70.7 Å². The Morgan fingerprint density at radius 1 is 0.949 bits per heavy atom. The lowest BCUT2D eigenvalue weighted by molar-refractivity contribution is -0.192. The summed E-state index contributed by atoms with van der Waals surface area (Å²) < 4.78 is 31.7. The number of amides is 2. The number of aliphatic carboxylic acids is 1. The van der Waals surface area contributed by atoms with Crippen molar-refractivity contribution in [2.24, 2.45) is 0 Å². The summed E-state index contributed by atoms with van der Waals surface area (Å²) in [7, 11) is 0. The number of piperazine rings is 1. The molecule has 212 valence electrons. The molecule has 4 rings (SSSR count). The van der Waals surface area contributed by atoms with Crippen LogP contribution in [0.25, 0.3) is 0 Å². The van der Waals surface area contributed by atoms with E-state index in [9.17, 15) is 22.8 Å². The van der Waals surface area contributed by atoms with E-state index in [1.54, 1.807) is 29.2 Å². The lowest BCUT2D eigenvalue weighted by Crippen LogP contribution is -2.54. The maximum absolute atomic E-state index is 13.4. The number of likely N-dealkylation sites (tertiary alicyclic amines) is 1. The number of nitrogens with zero attached hydrogens (tertiary/aromatic N) is 3. The predicted octanol–water partition coefficient (Wildman–Crippen LogP) is 3.51. The number of carbonyl (C=O) groups is 3. The number of rotatable bonds is 6. The van der Waals surface area contributed by atoms with Crippen molar-refractivity contribution >= 4 is 29.4 Å². The number of halogens is 4. The first-order valence-corrected chi connectivity index (χ1v) is 13.0. The SMILES string of the molecule is O=C(CN(C(=O)c1ccc(Cl)cc1)C1CCN(Cc2ccccc2)CC1)N1CCNCC1.O=C(O)C(F)(F)F. The molecule has 12 heteroatoms. The number of nitrogens with one attached hydrogen (secondary N) is 1. The Hall–Kier alpha value is -3.15. The molecule has 2 aromatic rings. The molecule has 2 aliphatic rings. The van der Waals surface area contributed by atoms with Gasteiger partial charge in [-0.3, -0.25) is 14.5 Å². The number of piperidine rings is 1. The second-order valence-corrected chi connectivity index (χ2v) is 9.80. The summed E-state index contributed by atoms with van der Waals surface area (Å²) in [5.74, 6) is -2.82. The number of alkyl halides is 3. The van der Waals surface area contributed by atoms with E-state index >= 15 is 0 Å². The van der Waals surface area contributed by atoms with Gasteiger partial charge in [0, 0.05) is 62.4 Å². The number of hydrogen-bond donors (Lipinski definition) is 2. The zero-order valence-corrected chi connectivity index (χ0v) is 22.1. The molecule has 2 amide bonds. The Morgan fingerprint density at radius 3 is 2.05 bits per heavy atom. The fourth-order valence-electron chi connectivity index (χ4n) is 4.52. The monoisotopic (exact) mass is 568 g/mol. The zero-order valence-electron chi connectivity index (χ0n) is 21.4. The topological polar surface area (TPSA) is 93.2 Å². The van der Waals surface area contributed by atoms with Gasteiger partial charge >= 0.3 is 12.1 Å². The fraction of sp³-hybridized carbons (Fsp3) is 0.444. The van der Waals surface area contributed by atoms with Gasteiger partial charge in [0.05, 0.1) is 0 Å². The molecule has 2 heterocycles. The molecule has 8 nitrogen and oxygen atoms in total. The number of benzene rings is 2. The van der Waals surface area contributed by atoms with Gasteiger partial charge in [-0.1, -0.05) is 41.9 Å². The summed E-state index contributed by atoms with van der Waals surface area (Å²) in [5, 5.41) is 11.0. The van der Waals surface area contributed by atoms with Crippen LogP contribution in [0.1, 0.15) is 28.8 Å². The van der Waals surface area contributed by atoms with Gasteiger partial charge in [-0.2, -0.15) is 13.2 Å². The van der Waals surface area contributed by atoms with Gasteiger partial charge in [-0.15, -0.1) is 0 Å². The number of carboxylic acids is 1. The average molecular weight is 569 g/mol. The van der Waals surface area contributed by atoms with Gasteiger partial charge in [-0.05, 0) is 42.7 Å². The van der Waals surface area contributed by atoms with Crippen LogP contribution in [0.15, 0.2) is 54.6 Å². The van der Waals surface area contributed by atoms with Gasteiger partial charge < -0.3 is 20.2 Å². The van der Waals surface area contributed by atoms with E-state index in [1.165, 1.54) is 5.56 Å². The van der Waals surface area contributed by atoms with E-state index in [0.29, 0.717) is 23.7 Å². The highest BCUT2D eigenvalue weighted by Crippen LogP contribution is 2.22. The van der Waals surface area contributed by atoms with E-state index in [0.717, 1.165) is 45.6 Å². The molecule has 2 aromatic carbocycles. The van der Waals surface area contributed by atoms with E-state index in [4.69, 9.17) is 21.5 Å². The van der Waals surface area contributed by atoms with Gasteiger partial charge in [0.1, 0.15) is 6.54 Å². The molecule has 0 spiro atoms. The maximum atomic E-state index is 13.4. The fourth-order valence-corrected chi connectivity index (χ4v) is 4.64. The molecule has 2 saturated heterocycles. The molecule has 0 aliphatic carbocycles. The Bertz CT molecular complexity index is 1090. The third-order valence-corrected chi connectivity index (χ3v) is 6.87. The van der Waals surface area contributed by atoms with Crippen LogP contribution >= 0.6 is 11.6 Å². The van der Waals surface area contributed by atoms with E-state index in [1.807, 2.05) is 11.0 Å². The highest BCUT2D eigenvalue weighted by molar-refractivity contribution is 6.30. The largest absolute Gasteiger partial charge is 0.490 e. The minimum Gasteiger partial charge on any atom is -0.475 e. The molecular weight excluding hydrogens is 537 g/mol. The van der Waals surface area contributed by atoms with Crippen molar-refractivity contribution in [2.45, 2.75) is 31.6 Å². The van der Waals surface area contributed by atoms with E-state index in [2.05, 4.69) is 34.5 Å². The van der Waals surface area contributed by atoms with Crippen LogP contribution in [0.3, 0.4) is 0 Å². The Balaban J connectivity index is 0.000000532. The molecule has 0 bridgehead atoms. The first-order chi connectivity index (χ1) is 18.5. The van der Waals surface area contributed by atoms with E-state index < -0.39 is 12.1 Å². The van der Waals surface area contributed by atoms with Crippen LogP contribution in [0.5, 0.6) is 0 Å². The Kier molecular flexibility index (Phi) is 11.1. The first kappa shape index (κ1) is 30.4. The summed E-state index contributed by atoms with van der Waals surface area (Å²) in [5.41, 5.74) is 1.88. The Labute approximate surface area is 230 Å². The van der Waals surface area contributed by atoms with Crippen molar-refractivity contribution < 1.29 is 32.7 Å². The smallest absolute Gasteiger partial charge is 0.475 e. The molecule has 0 aromatic heterocycles. The first-order valence-electron chi connectivity index (χ1n) is 12.7. The highest BCUT2D eigenvalue weighted by Gasteiger charge is 2.38. The van der Waals surface area contributed by atoms with Crippen LogP contribution in [0.2, 0.25) is 5.02 Å². The summed E-state index contributed by atoms with van der Waals surface area (Å²) in [6.45, 7) is 5.85. The van der Waals surface area contributed by atoms with E-state index in [-0.39, 0.29) is 24.4 Å². The van der Waals surface area contributed by atoms with Gasteiger partial charge in [0.2, 0.25) is 5.91 Å². The molecule has 2 fully saturated rings. The van der Waals surface area contributed by atoms with Gasteiger partial charge in [0.25, 0.3) is 5.91 Å². The lowest BCUT2D eigenvalue weighted by atomic mass is 10.0. The number of carbonyl (C=O) groups excluding carboxylic acids is 2. The third-order valence-electron chi connectivity index (χ3n) is 6.62. The second kappa shape index (κ2) is 14.3. The van der Waals surface area contributed by atoms with Crippen molar-refractivity contribution in [3.8, 4) is 0 Å². The Morgan fingerprint density at radius 2 is 1.51 bits per heavy atom. The molecule has 0 radical (unpaired) electrons. The maximum Gasteiger partial charge on any atom is 0.490 e. The van der Waals surface area contributed by atoms with Crippen molar-refractivity contribution in [2.75, 3.05) is 45.8 Å². The minimum absolute atomic E-state index is 0.0283. The summed E-state index contributed by atoms with van der Waals surface area (Å²) in [6, 6.07) is 17.5. The van der Waals surface area contributed by atoms with Crippen molar-refractivity contribution in [1.29, 1.82) is 0 Å². The molecule has 0 atom stereocenters. The van der Waals surface area contributed by atoms with Crippen LogP contribution in [-0.4, -0.2) is 95.6 Å². The quantitative estimate of drug-likeness (QED) is 0.554. The molecular formula is C27H32ClF3N4O4. The van der Waals surface area contributed by atoms with Gasteiger partial charge in [0.15, 0.2) is 0 Å². The average Bonchev–Trinajstić information content (AvgIpc) is 2.93. The summed E-state index contributed by atoms with van der Waals surface area (Å²) >= 11 is 6.02. The minimum atomic E-state index is -5.08. The van der Waals surface area contributed by atoms with Crippen LogP contribution in [0.4, 0.5) is 13.2 Å². The molecule has 0 unspecified atom stereocenters. The standard InChI is InChI=1S/C25H31ClN4O2.C2HF3O2/c26-22-8-6-21(7-9-22)25(32)30(19-24(31)29-16-12-27-13-17-29)23-10-14-28(15-11-23)18-20-4-2-1-3-5-20;3-2(4,5)1(6)7/h1-9,23,27H,10-19H2;(H,6,7). The summed E-state index contributed by atoms with van der Waals surface area (Å²) in [6.07, 6.45) is -3.36. The number of carboxylic acid groups (broad SMARTS) is 1. The molecule has 2 aliphatic heterocycles.